The number of rotatable bonds is 15. The summed E-state index contributed by atoms with van der Waals surface area (Å²) in [6.07, 6.45) is 2.28. The molecular weight excluding hydrogens is 680 g/mol. The zero-order valence-corrected chi connectivity index (χ0v) is 30.1. The van der Waals surface area contributed by atoms with Crippen LogP contribution in [-0.4, -0.2) is 71.4 Å². The molecule has 4 unspecified atom stereocenters. The average molecular weight is 723 g/mol. The van der Waals surface area contributed by atoms with Gasteiger partial charge in [0.2, 0.25) is 11.8 Å². The van der Waals surface area contributed by atoms with Gasteiger partial charge in [-0.1, -0.05) is 72.8 Å². The van der Waals surface area contributed by atoms with Gasteiger partial charge in [0.1, 0.15) is 24.1 Å². The van der Waals surface area contributed by atoms with Crippen LogP contribution in [0.3, 0.4) is 0 Å². The molecule has 4 aromatic rings. The fourth-order valence-corrected chi connectivity index (χ4v) is 6.27. The Bertz CT molecular complexity index is 1950. The highest BCUT2D eigenvalue weighted by molar-refractivity contribution is 5.96. The van der Waals surface area contributed by atoms with Crippen LogP contribution in [0.15, 0.2) is 97.1 Å². The van der Waals surface area contributed by atoms with E-state index in [1.807, 2.05) is 60.7 Å². The monoisotopic (exact) mass is 722 g/mol. The molecule has 0 aliphatic carbocycles. The molecule has 0 spiro atoms. The van der Waals surface area contributed by atoms with E-state index in [0.717, 1.165) is 11.1 Å². The molecule has 0 aromatic heterocycles. The van der Waals surface area contributed by atoms with E-state index in [-0.39, 0.29) is 18.6 Å². The smallest absolute Gasteiger partial charge is 0.328 e. The molecule has 0 radical (unpaired) electrons. The molecule has 2 N–H and O–H groups in total. The van der Waals surface area contributed by atoms with Gasteiger partial charge in [-0.15, -0.1) is 0 Å². The Hall–Kier alpha value is -6.30. The van der Waals surface area contributed by atoms with Crippen LogP contribution in [0.25, 0.3) is 6.08 Å². The topological polar surface area (TPSA) is 148 Å². The SMILES string of the molecule is COC(=O)C(Cc1ccccc1)NC(=O)/C=C/c1ccc(OC)c2c1C(C(=O)NC(Cc1ccccc1)C(=O)OC)C(c1ccc(OC)c(OC)c1)O2. The van der Waals surface area contributed by atoms with Crippen molar-refractivity contribution in [3.8, 4) is 23.0 Å². The van der Waals surface area contributed by atoms with Crippen molar-refractivity contribution in [2.24, 2.45) is 0 Å². The molecule has 0 saturated carbocycles. The first kappa shape index (κ1) is 37.9. The normalized spacial score (nSPS) is 15.6. The number of benzene rings is 4. The van der Waals surface area contributed by atoms with Crippen LogP contribution in [0, 0.1) is 0 Å². The second-order valence-electron chi connectivity index (χ2n) is 12.1. The maximum atomic E-state index is 14.6. The van der Waals surface area contributed by atoms with Crippen LogP contribution < -0.4 is 29.6 Å². The van der Waals surface area contributed by atoms with Gasteiger partial charge >= 0.3 is 11.9 Å². The van der Waals surface area contributed by atoms with Crippen molar-refractivity contribution < 1.29 is 47.6 Å². The van der Waals surface area contributed by atoms with E-state index in [2.05, 4.69) is 10.6 Å². The minimum atomic E-state index is -1.05. The van der Waals surface area contributed by atoms with Gasteiger partial charge in [0, 0.05) is 24.5 Å². The van der Waals surface area contributed by atoms with E-state index < -0.39 is 47.9 Å². The fraction of sp³-hybridized carbons (Fsp3) is 0.268. The zero-order chi connectivity index (χ0) is 37.9. The third-order valence-electron chi connectivity index (χ3n) is 8.87. The number of amides is 2. The van der Waals surface area contributed by atoms with Crippen molar-refractivity contribution in [1.29, 1.82) is 0 Å². The predicted octanol–water partition coefficient (Wildman–Crippen LogP) is 4.74. The van der Waals surface area contributed by atoms with E-state index in [1.165, 1.54) is 47.7 Å². The van der Waals surface area contributed by atoms with E-state index in [0.29, 0.717) is 33.9 Å². The number of carbonyl (C=O) groups is 4. The summed E-state index contributed by atoms with van der Waals surface area (Å²) in [7, 11) is 7.02. The Labute approximate surface area is 308 Å². The maximum absolute atomic E-state index is 14.6. The van der Waals surface area contributed by atoms with Gasteiger partial charge in [-0.3, -0.25) is 9.59 Å². The van der Waals surface area contributed by atoms with E-state index in [4.69, 9.17) is 28.4 Å². The van der Waals surface area contributed by atoms with E-state index >= 15 is 0 Å². The van der Waals surface area contributed by atoms with Crippen molar-refractivity contribution in [2.75, 3.05) is 35.5 Å². The largest absolute Gasteiger partial charge is 0.493 e. The summed E-state index contributed by atoms with van der Waals surface area (Å²) >= 11 is 0. The van der Waals surface area contributed by atoms with Crippen molar-refractivity contribution in [3.05, 3.63) is 125 Å². The van der Waals surface area contributed by atoms with E-state index in [9.17, 15) is 19.2 Å². The lowest BCUT2D eigenvalue weighted by Gasteiger charge is -2.23. The molecular formula is C41H42N2O10. The van der Waals surface area contributed by atoms with Gasteiger partial charge in [0.25, 0.3) is 0 Å². The average Bonchev–Trinajstić information content (AvgIpc) is 3.60. The Kier molecular flexibility index (Phi) is 12.7. The van der Waals surface area contributed by atoms with Crippen molar-refractivity contribution >= 4 is 29.8 Å². The summed E-state index contributed by atoms with van der Waals surface area (Å²) in [5.74, 6) is -1.84. The Morgan fingerprint density at radius 1 is 0.679 bits per heavy atom. The van der Waals surface area contributed by atoms with E-state index in [1.54, 1.807) is 30.3 Å². The lowest BCUT2D eigenvalue weighted by atomic mass is 9.86. The molecule has 2 amide bonds. The number of nitrogens with one attached hydrogen (secondary N) is 2. The van der Waals surface area contributed by atoms with Crippen LogP contribution in [-0.2, 0) is 41.5 Å². The molecule has 4 atom stereocenters. The molecule has 0 saturated heterocycles. The molecule has 5 rings (SSSR count). The lowest BCUT2D eigenvalue weighted by Crippen LogP contribution is -2.45. The molecule has 4 aromatic carbocycles. The first-order valence-electron chi connectivity index (χ1n) is 16.8. The highest BCUT2D eigenvalue weighted by atomic mass is 16.5. The molecule has 1 aliphatic rings. The van der Waals surface area contributed by atoms with Gasteiger partial charge in [-0.2, -0.15) is 0 Å². The number of methoxy groups -OCH3 is 5. The van der Waals surface area contributed by atoms with Crippen molar-refractivity contribution in [1.82, 2.24) is 10.6 Å². The quantitative estimate of drug-likeness (QED) is 0.130. The van der Waals surface area contributed by atoms with Crippen LogP contribution in [0.2, 0.25) is 0 Å². The third-order valence-corrected chi connectivity index (χ3v) is 8.87. The summed E-state index contributed by atoms with van der Waals surface area (Å²) in [5.41, 5.74) is 3.12. The second kappa shape index (κ2) is 17.8. The number of hydrogen-bond donors (Lipinski definition) is 2. The molecule has 0 fully saturated rings. The van der Waals surface area contributed by atoms with Gasteiger partial charge in [-0.05, 0) is 46.5 Å². The Balaban J connectivity index is 1.54. The summed E-state index contributed by atoms with van der Waals surface area (Å²) in [6, 6.07) is 25.1. The fourth-order valence-electron chi connectivity index (χ4n) is 6.27. The number of ether oxygens (including phenoxy) is 6. The van der Waals surface area contributed by atoms with Gasteiger partial charge in [0.05, 0.1) is 35.5 Å². The van der Waals surface area contributed by atoms with Crippen molar-refractivity contribution in [2.45, 2.75) is 36.9 Å². The number of esters is 2. The molecule has 1 heterocycles. The summed E-state index contributed by atoms with van der Waals surface area (Å²) in [4.78, 5) is 53.5. The van der Waals surface area contributed by atoms with Gasteiger partial charge in [-0.25, -0.2) is 9.59 Å². The third kappa shape index (κ3) is 8.96. The van der Waals surface area contributed by atoms with Crippen LogP contribution in [0.1, 0.15) is 39.8 Å². The first-order valence-corrected chi connectivity index (χ1v) is 16.8. The van der Waals surface area contributed by atoms with Gasteiger partial charge < -0.3 is 39.1 Å². The number of fused-ring (bicyclic) bond motifs is 1. The summed E-state index contributed by atoms with van der Waals surface area (Å²) in [5, 5.41) is 5.63. The number of hydrogen-bond acceptors (Lipinski definition) is 10. The van der Waals surface area contributed by atoms with Crippen LogP contribution in [0.5, 0.6) is 23.0 Å². The Morgan fingerprint density at radius 3 is 1.77 bits per heavy atom. The molecule has 1 aliphatic heterocycles. The minimum absolute atomic E-state index is 0.177. The van der Waals surface area contributed by atoms with Gasteiger partial charge in [0.15, 0.2) is 23.0 Å². The second-order valence-corrected chi connectivity index (χ2v) is 12.1. The standard InChI is InChI=1S/C41H42N2O10/c1-48-31-19-17-28(24-33(31)50-3)37-36(39(45)43-30(41(47)52-5)23-26-14-10-7-11-15-26)35-27(16-20-32(49-2)38(35)53-37)18-21-34(44)42-29(40(46)51-4)22-25-12-8-6-9-13-25/h6-21,24,29-30,36-37H,22-23H2,1-5H3,(H,42,44)(H,43,45)/b21-18+. The maximum Gasteiger partial charge on any atom is 0.328 e. The Morgan fingerprint density at radius 2 is 1.23 bits per heavy atom. The predicted molar refractivity (Wildman–Crippen MR) is 196 cm³/mol. The molecule has 12 heteroatoms. The molecule has 276 valence electrons. The van der Waals surface area contributed by atoms with Crippen LogP contribution >= 0.6 is 0 Å². The molecule has 53 heavy (non-hydrogen) atoms. The molecule has 12 nitrogen and oxygen atoms in total. The highest BCUT2D eigenvalue weighted by Crippen LogP contribution is 2.53. The summed E-state index contributed by atoms with van der Waals surface area (Å²) < 4.78 is 33.2. The van der Waals surface area contributed by atoms with Crippen molar-refractivity contribution in [3.63, 3.8) is 0 Å². The minimum Gasteiger partial charge on any atom is -0.493 e. The first-order chi connectivity index (χ1) is 25.7. The zero-order valence-electron chi connectivity index (χ0n) is 30.1. The van der Waals surface area contributed by atoms with Crippen LogP contribution in [0.4, 0.5) is 0 Å². The highest BCUT2D eigenvalue weighted by Gasteiger charge is 2.45. The molecule has 0 bridgehead atoms. The number of carbonyl (C=O) groups excluding carboxylic acids is 4. The summed E-state index contributed by atoms with van der Waals surface area (Å²) in [6.45, 7) is 0. The lowest BCUT2D eigenvalue weighted by molar-refractivity contribution is -0.145.